The molecule has 1 fully saturated rings. The summed E-state index contributed by atoms with van der Waals surface area (Å²) in [6.45, 7) is 6.64. The molecule has 2 aromatic carbocycles. The van der Waals surface area contributed by atoms with Crippen molar-refractivity contribution >= 4 is 17.6 Å². The average molecular weight is 550 g/mol. The number of piperazine rings is 1. The first kappa shape index (κ1) is 28.8. The lowest BCUT2D eigenvalue weighted by Crippen LogP contribution is -2.52. The minimum atomic E-state index is -0.476. The van der Waals surface area contributed by atoms with Crippen molar-refractivity contribution in [1.29, 1.82) is 0 Å². The van der Waals surface area contributed by atoms with Gasteiger partial charge in [0.2, 0.25) is 5.91 Å². The number of benzene rings is 2. The molecule has 3 aromatic rings. The van der Waals surface area contributed by atoms with Crippen LogP contribution in [0.4, 0.5) is 10.2 Å². The molecular formula is C30H36FN5O4. The van der Waals surface area contributed by atoms with E-state index in [0.717, 1.165) is 17.8 Å². The number of hydrogen-bond acceptors (Lipinski definition) is 7. The smallest absolute Gasteiger partial charge is 0.254 e. The zero-order valence-electron chi connectivity index (χ0n) is 23.5. The van der Waals surface area contributed by atoms with Crippen LogP contribution in [0.5, 0.6) is 11.5 Å². The molecule has 1 atom stereocenters. The molecule has 40 heavy (non-hydrogen) atoms. The third-order valence-electron chi connectivity index (χ3n) is 7.21. The average Bonchev–Trinajstić information content (AvgIpc) is 3.00. The van der Waals surface area contributed by atoms with Crippen molar-refractivity contribution in [2.45, 2.75) is 20.3 Å². The summed E-state index contributed by atoms with van der Waals surface area (Å²) in [4.78, 5) is 31.8. The van der Waals surface area contributed by atoms with E-state index >= 15 is 0 Å². The summed E-state index contributed by atoms with van der Waals surface area (Å²) in [5.74, 6) is 1.34. The lowest BCUT2D eigenvalue weighted by molar-refractivity contribution is -0.132. The van der Waals surface area contributed by atoms with Gasteiger partial charge in [-0.05, 0) is 48.4 Å². The molecule has 0 unspecified atom stereocenters. The van der Waals surface area contributed by atoms with E-state index < -0.39 is 5.82 Å². The van der Waals surface area contributed by atoms with Crippen LogP contribution in [0.1, 0.15) is 30.6 Å². The van der Waals surface area contributed by atoms with Crippen LogP contribution in [-0.4, -0.2) is 85.3 Å². The third-order valence-corrected chi connectivity index (χ3v) is 7.21. The molecule has 0 saturated carbocycles. The number of nitrogens with zero attached hydrogens (tertiary/aromatic N) is 5. The van der Waals surface area contributed by atoms with Gasteiger partial charge in [-0.25, -0.2) is 4.39 Å². The van der Waals surface area contributed by atoms with Crippen molar-refractivity contribution in [3.8, 4) is 22.8 Å². The maximum absolute atomic E-state index is 13.7. The topological polar surface area (TPSA) is 88.1 Å². The summed E-state index contributed by atoms with van der Waals surface area (Å²) < 4.78 is 24.5. The van der Waals surface area contributed by atoms with Gasteiger partial charge in [-0.15, -0.1) is 10.2 Å². The van der Waals surface area contributed by atoms with Crippen LogP contribution in [-0.2, 0) is 4.79 Å². The van der Waals surface area contributed by atoms with Gasteiger partial charge in [0, 0.05) is 49.9 Å². The van der Waals surface area contributed by atoms with Gasteiger partial charge < -0.3 is 24.2 Å². The summed E-state index contributed by atoms with van der Waals surface area (Å²) in [7, 11) is 3.20. The highest BCUT2D eigenvalue weighted by Crippen LogP contribution is 2.32. The maximum atomic E-state index is 13.7. The second kappa shape index (κ2) is 13.2. The highest BCUT2D eigenvalue weighted by molar-refractivity contribution is 5.96. The van der Waals surface area contributed by atoms with E-state index in [1.54, 1.807) is 31.3 Å². The Morgan fingerprint density at radius 3 is 2.40 bits per heavy atom. The molecule has 4 rings (SSSR count). The van der Waals surface area contributed by atoms with Crippen molar-refractivity contribution in [3.63, 3.8) is 0 Å². The zero-order valence-corrected chi connectivity index (χ0v) is 23.5. The number of rotatable bonds is 10. The van der Waals surface area contributed by atoms with E-state index in [9.17, 15) is 14.0 Å². The van der Waals surface area contributed by atoms with E-state index in [1.807, 2.05) is 38.1 Å². The summed E-state index contributed by atoms with van der Waals surface area (Å²) in [6, 6.07) is 14.9. The van der Waals surface area contributed by atoms with Crippen molar-refractivity contribution in [2.24, 2.45) is 5.92 Å². The van der Waals surface area contributed by atoms with Gasteiger partial charge >= 0.3 is 0 Å². The van der Waals surface area contributed by atoms with Gasteiger partial charge in [0.25, 0.3) is 5.91 Å². The number of methoxy groups -OCH3 is 2. The minimum absolute atomic E-state index is 0.0438. The number of carbonyl (C=O) groups is 2. The number of halogens is 1. The van der Waals surface area contributed by atoms with Gasteiger partial charge in [0.15, 0.2) is 5.82 Å². The maximum Gasteiger partial charge on any atom is 0.254 e. The number of carbonyl (C=O) groups excluding carboxylic acids is 2. The Hall–Kier alpha value is -4.21. The molecule has 1 aliphatic rings. The number of amides is 2. The fourth-order valence-electron chi connectivity index (χ4n) is 4.62. The Labute approximate surface area is 234 Å². The first-order chi connectivity index (χ1) is 19.3. The zero-order chi connectivity index (χ0) is 28.6. The number of hydrogen-bond donors (Lipinski definition) is 0. The monoisotopic (exact) mass is 549 g/mol. The molecular weight excluding hydrogens is 513 g/mol. The summed E-state index contributed by atoms with van der Waals surface area (Å²) in [5.41, 5.74) is 1.74. The normalized spacial score (nSPS) is 14.0. The van der Waals surface area contributed by atoms with E-state index in [-0.39, 0.29) is 29.8 Å². The van der Waals surface area contributed by atoms with Gasteiger partial charge in [-0.1, -0.05) is 26.3 Å². The molecule has 2 heterocycles. The third kappa shape index (κ3) is 6.86. The fourth-order valence-corrected chi connectivity index (χ4v) is 4.62. The Bertz CT molecular complexity index is 1310. The van der Waals surface area contributed by atoms with Crippen molar-refractivity contribution < 1.29 is 23.5 Å². The first-order valence-electron chi connectivity index (χ1n) is 13.5. The second-order valence-corrected chi connectivity index (χ2v) is 9.92. The Morgan fingerprint density at radius 2 is 1.77 bits per heavy atom. The Morgan fingerprint density at radius 1 is 1.00 bits per heavy atom. The van der Waals surface area contributed by atoms with Gasteiger partial charge in [-0.2, -0.15) is 0 Å². The van der Waals surface area contributed by atoms with Crippen LogP contribution in [0, 0.1) is 11.7 Å². The van der Waals surface area contributed by atoms with Gasteiger partial charge in [0.05, 0.1) is 19.9 Å². The Kier molecular flexibility index (Phi) is 9.52. The van der Waals surface area contributed by atoms with E-state index in [1.165, 1.54) is 23.1 Å². The van der Waals surface area contributed by atoms with Crippen LogP contribution in [0.2, 0.25) is 0 Å². The first-order valence-corrected chi connectivity index (χ1v) is 13.5. The predicted octanol–water partition coefficient (Wildman–Crippen LogP) is 4.14. The summed E-state index contributed by atoms with van der Waals surface area (Å²) >= 11 is 0. The largest absolute Gasteiger partial charge is 0.497 e. The molecule has 10 heteroatoms. The van der Waals surface area contributed by atoms with Crippen LogP contribution in [0.3, 0.4) is 0 Å². The highest BCUT2D eigenvalue weighted by Gasteiger charge is 2.27. The van der Waals surface area contributed by atoms with Crippen molar-refractivity contribution in [3.05, 3.63) is 66.0 Å². The van der Waals surface area contributed by atoms with Crippen LogP contribution in [0.15, 0.2) is 54.6 Å². The summed E-state index contributed by atoms with van der Waals surface area (Å²) in [5, 5.41) is 8.83. The SMILES string of the molecule is CC[C@H](C)CN(CC(=O)N1CCN(c2ccc(-c3ccc(OC)cc3OC)nn2)CC1)C(=O)c1cccc(F)c1. The van der Waals surface area contributed by atoms with Crippen molar-refractivity contribution in [2.75, 3.05) is 58.4 Å². The lowest BCUT2D eigenvalue weighted by Gasteiger charge is -2.36. The number of ether oxygens (including phenoxy) is 2. The summed E-state index contributed by atoms with van der Waals surface area (Å²) in [6.07, 6.45) is 0.866. The van der Waals surface area contributed by atoms with Crippen LogP contribution in [0.25, 0.3) is 11.3 Å². The molecule has 9 nitrogen and oxygen atoms in total. The molecule has 1 aromatic heterocycles. The Balaban J connectivity index is 1.38. The number of anilines is 1. The van der Waals surface area contributed by atoms with E-state index in [2.05, 4.69) is 15.1 Å². The molecule has 0 aliphatic carbocycles. The van der Waals surface area contributed by atoms with Gasteiger partial charge in [-0.3, -0.25) is 9.59 Å². The molecule has 2 amide bonds. The lowest BCUT2D eigenvalue weighted by atomic mass is 10.1. The number of aromatic nitrogens is 2. The molecule has 212 valence electrons. The van der Waals surface area contributed by atoms with Crippen LogP contribution < -0.4 is 14.4 Å². The molecule has 1 aliphatic heterocycles. The quantitative estimate of drug-likeness (QED) is 0.376. The highest BCUT2D eigenvalue weighted by atomic mass is 19.1. The molecule has 0 spiro atoms. The van der Waals surface area contributed by atoms with E-state index in [0.29, 0.717) is 49.9 Å². The molecule has 1 saturated heterocycles. The standard InChI is InChI=1S/C30H36FN5O4/c1-5-21(2)19-36(30(38)22-7-6-8-23(31)17-22)20-29(37)35-15-13-34(14-16-35)28-12-11-26(32-33-28)25-10-9-24(39-3)18-27(25)40-4/h6-12,17-18,21H,5,13-16,19-20H2,1-4H3/t21-/m0/s1. The molecule has 0 radical (unpaired) electrons. The van der Waals surface area contributed by atoms with Gasteiger partial charge in [0.1, 0.15) is 23.9 Å². The second-order valence-electron chi connectivity index (χ2n) is 9.92. The fraction of sp³-hybridized carbons (Fsp3) is 0.400. The molecule has 0 bridgehead atoms. The van der Waals surface area contributed by atoms with E-state index in [4.69, 9.17) is 9.47 Å². The predicted molar refractivity (Wildman–Crippen MR) is 151 cm³/mol. The van der Waals surface area contributed by atoms with Crippen LogP contribution >= 0.6 is 0 Å². The molecule has 0 N–H and O–H groups in total. The van der Waals surface area contributed by atoms with Crippen molar-refractivity contribution in [1.82, 2.24) is 20.0 Å². The minimum Gasteiger partial charge on any atom is -0.497 e.